The van der Waals surface area contributed by atoms with Crippen molar-refractivity contribution in [2.75, 3.05) is 6.61 Å². The average molecular weight is 1800 g/mol. The number of benzene rings is 12. The predicted molar refractivity (Wildman–Crippen MR) is 535 cm³/mol. The van der Waals surface area contributed by atoms with Crippen LogP contribution in [-0.4, -0.2) is 70.1 Å². The fourth-order valence-corrected chi connectivity index (χ4v) is 16.2. The Kier molecular flexibility index (Phi) is 33.2. The van der Waals surface area contributed by atoms with Gasteiger partial charge in [-0.25, -0.2) is 29.5 Å². The summed E-state index contributed by atoms with van der Waals surface area (Å²) in [5.74, 6) is 3.33. The summed E-state index contributed by atoms with van der Waals surface area (Å²) in [6.45, 7) is 3.82. The number of aromatic amines is 1. The van der Waals surface area contributed by atoms with Gasteiger partial charge in [0.05, 0.1) is 62.4 Å². The van der Waals surface area contributed by atoms with Gasteiger partial charge in [-0.2, -0.15) is 5.21 Å². The van der Waals surface area contributed by atoms with Gasteiger partial charge in [-0.1, -0.05) is 218 Å². The molecular formula is C114H109N9O12. The van der Waals surface area contributed by atoms with Gasteiger partial charge >= 0.3 is 11.9 Å². The lowest BCUT2D eigenvalue weighted by atomic mass is 9.80. The SMILES string of the molecule is C.C.C.C.C(=C\c1cccc(-c2nn[nH]n2)c1)/c1ccc(OCc2ccc3ccccc3n2)cc1.CCOC(=O)c1cc(=O)c2ccc(OCc3cccc(OCc4ccc5ccccc5n4)c3)cc2o1.NC(=O)c1cccc(CC2CCc3ccc(OCc4ccc5ccccc5n4)cc3C2)c1.O=C(O)c1cccc(CC2CCc3ccc(OCc4ccc5ccccc5n4)cc3C2)c1. The topological polar surface area (TPSA) is 289 Å². The number of aromatic carboxylic acids is 1. The third-order valence-electron chi connectivity index (χ3n) is 22.9. The largest absolute Gasteiger partial charge is 0.489 e. The second-order valence-electron chi connectivity index (χ2n) is 32.2. The molecule has 682 valence electrons. The summed E-state index contributed by atoms with van der Waals surface area (Å²) in [7, 11) is 0. The van der Waals surface area contributed by atoms with E-state index in [0.29, 0.717) is 72.1 Å². The van der Waals surface area contributed by atoms with Crippen molar-refractivity contribution in [3.63, 3.8) is 0 Å². The zero-order valence-electron chi connectivity index (χ0n) is 72.0. The summed E-state index contributed by atoms with van der Waals surface area (Å²) >= 11 is 0. The van der Waals surface area contributed by atoms with Crippen molar-refractivity contribution in [2.45, 2.75) is 121 Å². The number of nitrogens with one attached hydrogen (secondary N) is 1. The zero-order chi connectivity index (χ0) is 89.6. The standard InChI is InChI=1S/C29H23NO6.C28H26N2O2.C28H25NO3.C25H19N5O.4CH4/c1-2-33-29(32)28-16-26(31)24-13-12-23(15-27(24)36-28)34-17-19-6-5-8-22(14-19)35-18-21-11-10-20-7-3-4-9-25(20)30-21;29-28(31)23-6-3-4-19(15-23)14-20-8-9-21-11-13-26(17-24(21)16-20)32-18-25-12-10-22-5-1-2-7-27(22)30-25;30-28(31)23-6-3-4-19(15-23)14-20-8-9-21-11-13-26(17-24(21)16-20)32-18-25-12-10-22-5-1-2-7-27(22)29-25;1-2-7-24-20(5-1)12-13-22(26-24)17-31-23-14-10-18(11-15-23)8-9-19-4-3-6-21(16-19)25-27-29-30-28-25;;;;/h3-16H,2,17-18H2,1H3;1-7,10-13,15,17,20H,8-9,14,16,18H2,(H2,29,31);1-7,10-13,15,17,20H,8-9,14,16,18H2,(H,30,31);1-16H,17H2,(H,27,28,29,30);4*1H4/b;;;9-8+;;;;. The van der Waals surface area contributed by atoms with Crippen molar-refractivity contribution < 1.29 is 52.3 Å². The minimum Gasteiger partial charge on any atom is -0.489 e. The first-order valence-electron chi connectivity index (χ1n) is 43.6. The van der Waals surface area contributed by atoms with Gasteiger partial charge in [-0.3, -0.25) is 9.59 Å². The molecule has 6 aromatic heterocycles. The number of esters is 1. The summed E-state index contributed by atoms with van der Waals surface area (Å²) < 4.78 is 40.4. The predicted octanol–water partition coefficient (Wildman–Crippen LogP) is 24.5. The minimum atomic E-state index is -0.872. The number of nitrogens with two attached hydrogens (primary N) is 1. The van der Waals surface area contributed by atoms with Gasteiger partial charge in [0.15, 0.2) is 5.43 Å². The summed E-state index contributed by atoms with van der Waals surface area (Å²) in [5, 5.41) is 28.2. The minimum absolute atomic E-state index is 0. The molecule has 4 N–H and O–H groups in total. The smallest absolute Gasteiger partial charge is 0.374 e. The Morgan fingerprint density at radius 3 is 1.37 bits per heavy atom. The number of carbonyl (C=O) groups is 3. The monoisotopic (exact) mass is 1800 g/mol. The van der Waals surface area contributed by atoms with Gasteiger partial charge in [0.1, 0.15) is 67.4 Å². The molecule has 20 rings (SSSR count). The van der Waals surface area contributed by atoms with E-state index in [9.17, 15) is 24.3 Å². The molecule has 2 atom stereocenters. The Balaban J connectivity index is 0.000000151. The number of carboxylic acids is 1. The van der Waals surface area contributed by atoms with Crippen LogP contribution in [0.1, 0.15) is 154 Å². The number of nitrogens with zero attached hydrogens (tertiary/aromatic N) is 7. The maximum Gasteiger partial charge on any atom is 0.374 e. The van der Waals surface area contributed by atoms with Crippen LogP contribution in [0.25, 0.3) is 78.1 Å². The van der Waals surface area contributed by atoms with Gasteiger partial charge in [0, 0.05) is 44.8 Å². The van der Waals surface area contributed by atoms with Crippen LogP contribution in [0.4, 0.5) is 0 Å². The van der Waals surface area contributed by atoms with Crippen LogP contribution in [0.15, 0.2) is 337 Å². The lowest BCUT2D eigenvalue weighted by molar-refractivity contribution is 0.0490. The molecule has 0 saturated heterocycles. The molecule has 0 bridgehead atoms. The number of hydrogen-bond acceptors (Lipinski definition) is 18. The molecule has 18 aromatic rings. The second-order valence-corrected chi connectivity index (χ2v) is 32.2. The van der Waals surface area contributed by atoms with Crippen molar-refractivity contribution in [1.29, 1.82) is 0 Å². The number of amides is 1. The maximum atomic E-state index is 12.3. The van der Waals surface area contributed by atoms with Crippen molar-refractivity contribution in [3.8, 4) is 40.1 Å². The number of rotatable bonds is 26. The number of fused-ring (bicyclic) bond motifs is 7. The lowest BCUT2D eigenvalue weighted by Gasteiger charge is -2.25. The normalized spacial score (nSPS) is 12.7. The van der Waals surface area contributed by atoms with Crippen LogP contribution in [0.2, 0.25) is 0 Å². The summed E-state index contributed by atoms with van der Waals surface area (Å²) in [6.07, 6.45) is 12.3. The number of hydrogen-bond donors (Lipinski definition) is 3. The number of pyridine rings is 4. The van der Waals surface area contributed by atoms with E-state index >= 15 is 0 Å². The fourth-order valence-electron chi connectivity index (χ4n) is 16.2. The molecule has 0 spiro atoms. The molecule has 0 aliphatic heterocycles. The molecule has 0 radical (unpaired) electrons. The number of tetrazole rings is 1. The second kappa shape index (κ2) is 46.5. The number of para-hydroxylation sites is 4. The van der Waals surface area contributed by atoms with Gasteiger partial charge in [-0.15, -0.1) is 10.2 Å². The molecule has 21 nitrogen and oxygen atoms in total. The Morgan fingerprint density at radius 2 is 0.867 bits per heavy atom. The van der Waals surface area contributed by atoms with Crippen LogP contribution >= 0.6 is 0 Å². The quantitative estimate of drug-likeness (QED) is 0.0335. The van der Waals surface area contributed by atoms with Crippen LogP contribution in [0.3, 0.4) is 0 Å². The zero-order valence-corrected chi connectivity index (χ0v) is 72.0. The molecule has 21 heteroatoms. The van der Waals surface area contributed by atoms with Crippen molar-refractivity contribution in [2.24, 2.45) is 17.6 Å². The highest BCUT2D eigenvalue weighted by Gasteiger charge is 2.24. The van der Waals surface area contributed by atoms with E-state index in [1.807, 2.05) is 206 Å². The van der Waals surface area contributed by atoms with E-state index in [4.69, 9.17) is 43.6 Å². The number of H-pyrrole nitrogens is 1. The van der Waals surface area contributed by atoms with Crippen molar-refractivity contribution in [3.05, 3.63) is 428 Å². The third kappa shape index (κ3) is 25.9. The van der Waals surface area contributed by atoms with Crippen LogP contribution in [0.5, 0.6) is 28.7 Å². The highest BCUT2D eigenvalue weighted by molar-refractivity contribution is 5.93. The molecule has 12 aromatic carbocycles. The van der Waals surface area contributed by atoms with Gasteiger partial charge < -0.3 is 43.7 Å². The van der Waals surface area contributed by atoms with Crippen molar-refractivity contribution >= 4 is 84.6 Å². The molecule has 135 heavy (non-hydrogen) atoms. The molecule has 1 amide bonds. The molecule has 6 heterocycles. The number of carbonyl (C=O) groups excluding carboxylic acids is 2. The number of carboxylic acid groups (broad SMARTS) is 1. The third-order valence-corrected chi connectivity index (χ3v) is 22.9. The molecule has 2 aliphatic rings. The van der Waals surface area contributed by atoms with E-state index in [-0.39, 0.29) is 65.6 Å². The summed E-state index contributed by atoms with van der Waals surface area (Å²) in [4.78, 5) is 65.7. The Bertz CT molecular complexity index is 7010. The lowest BCUT2D eigenvalue weighted by Crippen LogP contribution is -2.17. The first kappa shape index (κ1) is 96.3. The van der Waals surface area contributed by atoms with E-state index < -0.39 is 11.9 Å². The van der Waals surface area contributed by atoms with E-state index in [2.05, 4.69) is 127 Å². The number of aromatic nitrogens is 8. The highest BCUT2D eigenvalue weighted by Crippen LogP contribution is 2.35. The van der Waals surface area contributed by atoms with Crippen LogP contribution in [0, 0.1) is 11.8 Å². The molecule has 0 fully saturated rings. The number of aryl methyl sites for hydroxylation is 2. The molecule has 2 aliphatic carbocycles. The van der Waals surface area contributed by atoms with Gasteiger partial charge in [-0.05, 0) is 265 Å². The highest BCUT2D eigenvalue weighted by atomic mass is 16.5. The van der Waals surface area contributed by atoms with E-state index in [0.717, 1.165) is 169 Å². The summed E-state index contributed by atoms with van der Waals surface area (Å²) in [6, 6.07) is 106. The molecule has 0 saturated carbocycles. The Labute approximate surface area is 785 Å². The fraction of sp³-hybridized carbons (Fsp3) is 0.184. The first-order chi connectivity index (χ1) is 64.2. The molecule has 2 unspecified atom stereocenters. The van der Waals surface area contributed by atoms with Crippen molar-refractivity contribution in [1.82, 2.24) is 40.6 Å². The maximum absolute atomic E-state index is 12.3. The Morgan fingerprint density at radius 1 is 0.422 bits per heavy atom. The average Bonchev–Trinajstić information content (AvgIpc) is 1.26. The number of ether oxygens (including phenoxy) is 6. The van der Waals surface area contributed by atoms with E-state index in [1.54, 1.807) is 43.3 Å². The van der Waals surface area contributed by atoms with E-state index in [1.165, 1.54) is 27.8 Å². The van der Waals surface area contributed by atoms with Crippen LogP contribution in [-0.2, 0) is 76.3 Å². The van der Waals surface area contributed by atoms with Gasteiger partial charge in [0.25, 0.3) is 0 Å². The molecular weight excluding hydrogens is 1690 g/mol. The first-order valence-corrected chi connectivity index (χ1v) is 43.6. The van der Waals surface area contributed by atoms with Gasteiger partial charge in [0.2, 0.25) is 17.5 Å². The Hall–Kier alpha value is -16.3. The number of primary amides is 1. The van der Waals surface area contributed by atoms with Crippen LogP contribution < -0.4 is 34.8 Å². The summed E-state index contributed by atoms with van der Waals surface area (Å²) in [5.41, 5.74) is 25.5.